The molecule has 0 fully saturated rings. The van der Waals surface area contributed by atoms with Crippen molar-refractivity contribution in [3.63, 3.8) is 0 Å². The third-order valence-electron chi connectivity index (χ3n) is 1.78. The van der Waals surface area contributed by atoms with Crippen molar-refractivity contribution in [1.82, 2.24) is 0 Å². The van der Waals surface area contributed by atoms with Gasteiger partial charge in [-0.3, -0.25) is 0 Å². The standard InChI is InChI=1S/C9H12BrClOS/c10-8-3-5-13-9(8)6-7(12)2-1-4-11/h3,5,7,12H,1-2,4,6H2. The molecule has 0 bridgehead atoms. The number of alkyl halides is 1. The first-order valence-electron chi connectivity index (χ1n) is 4.20. The molecule has 0 radical (unpaired) electrons. The minimum Gasteiger partial charge on any atom is -0.393 e. The summed E-state index contributed by atoms with van der Waals surface area (Å²) in [5, 5.41) is 11.6. The van der Waals surface area contributed by atoms with Crippen LogP contribution in [0.2, 0.25) is 0 Å². The van der Waals surface area contributed by atoms with E-state index in [-0.39, 0.29) is 6.10 Å². The lowest BCUT2D eigenvalue weighted by Gasteiger charge is -2.07. The van der Waals surface area contributed by atoms with Gasteiger partial charge in [-0.15, -0.1) is 22.9 Å². The predicted octanol–water partition coefficient (Wildman–Crippen LogP) is 3.43. The van der Waals surface area contributed by atoms with E-state index in [1.807, 2.05) is 11.4 Å². The second-order valence-electron chi connectivity index (χ2n) is 2.88. The van der Waals surface area contributed by atoms with Crippen molar-refractivity contribution in [2.75, 3.05) is 5.88 Å². The van der Waals surface area contributed by atoms with Gasteiger partial charge in [0.25, 0.3) is 0 Å². The molecule has 0 saturated heterocycles. The molecule has 4 heteroatoms. The van der Waals surface area contributed by atoms with E-state index < -0.39 is 0 Å². The number of aliphatic hydroxyl groups is 1. The van der Waals surface area contributed by atoms with Crippen LogP contribution in [0.15, 0.2) is 15.9 Å². The Morgan fingerprint density at radius 3 is 2.92 bits per heavy atom. The third-order valence-corrected chi connectivity index (χ3v) is 4.00. The molecule has 1 N–H and O–H groups in total. The molecule has 0 amide bonds. The van der Waals surface area contributed by atoms with Crippen LogP contribution in [0.25, 0.3) is 0 Å². The summed E-state index contributed by atoms with van der Waals surface area (Å²) >= 11 is 10.6. The van der Waals surface area contributed by atoms with Gasteiger partial charge >= 0.3 is 0 Å². The average molecular weight is 284 g/mol. The van der Waals surface area contributed by atoms with Gasteiger partial charge < -0.3 is 5.11 Å². The maximum Gasteiger partial charge on any atom is 0.0589 e. The van der Waals surface area contributed by atoms with Crippen LogP contribution in [0.5, 0.6) is 0 Å². The fraction of sp³-hybridized carbons (Fsp3) is 0.556. The zero-order valence-electron chi connectivity index (χ0n) is 7.17. The minimum atomic E-state index is -0.256. The maximum absolute atomic E-state index is 9.60. The van der Waals surface area contributed by atoms with Crippen LogP contribution >= 0.6 is 38.9 Å². The largest absolute Gasteiger partial charge is 0.393 e. The van der Waals surface area contributed by atoms with E-state index >= 15 is 0 Å². The van der Waals surface area contributed by atoms with Crippen molar-refractivity contribution in [1.29, 1.82) is 0 Å². The van der Waals surface area contributed by atoms with Crippen LogP contribution in [0.4, 0.5) is 0 Å². The predicted molar refractivity (Wildman–Crippen MR) is 61.7 cm³/mol. The summed E-state index contributed by atoms with van der Waals surface area (Å²) in [4.78, 5) is 1.21. The van der Waals surface area contributed by atoms with E-state index in [2.05, 4.69) is 15.9 Å². The Morgan fingerprint density at radius 2 is 2.38 bits per heavy atom. The lowest BCUT2D eigenvalue weighted by molar-refractivity contribution is 0.165. The number of hydrogen-bond acceptors (Lipinski definition) is 2. The molecular weight excluding hydrogens is 272 g/mol. The molecule has 1 nitrogen and oxygen atoms in total. The van der Waals surface area contributed by atoms with Crippen molar-refractivity contribution in [3.05, 3.63) is 20.8 Å². The van der Waals surface area contributed by atoms with E-state index in [0.29, 0.717) is 5.88 Å². The van der Waals surface area contributed by atoms with Gasteiger partial charge in [-0.2, -0.15) is 0 Å². The molecule has 0 aliphatic carbocycles. The fourth-order valence-corrected chi connectivity index (χ4v) is 2.84. The average Bonchev–Trinajstić information content (AvgIpc) is 2.48. The Balaban J connectivity index is 2.36. The molecule has 1 rings (SSSR count). The Labute approximate surface area is 95.9 Å². The number of rotatable bonds is 5. The zero-order chi connectivity index (χ0) is 9.68. The number of thiophene rings is 1. The first kappa shape index (κ1) is 11.5. The van der Waals surface area contributed by atoms with E-state index in [0.717, 1.165) is 23.7 Å². The van der Waals surface area contributed by atoms with Gasteiger partial charge in [0, 0.05) is 21.7 Å². The molecule has 0 aliphatic heterocycles. The molecule has 1 atom stereocenters. The van der Waals surface area contributed by atoms with Gasteiger partial charge in [-0.05, 0) is 40.2 Å². The van der Waals surface area contributed by atoms with Crippen molar-refractivity contribution in [3.8, 4) is 0 Å². The number of hydrogen-bond donors (Lipinski definition) is 1. The Hall–Kier alpha value is 0.430. The quantitative estimate of drug-likeness (QED) is 0.821. The van der Waals surface area contributed by atoms with Gasteiger partial charge in [0.1, 0.15) is 0 Å². The first-order chi connectivity index (χ1) is 6.24. The molecule has 0 saturated carbocycles. The molecular formula is C9H12BrClOS. The number of aliphatic hydroxyl groups excluding tert-OH is 1. The van der Waals surface area contributed by atoms with Crippen molar-refractivity contribution in [2.45, 2.75) is 25.4 Å². The minimum absolute atomic E-state index is 0.256. The van der Waals surface area contributed by atoms with Crippen LogP contribution in [0, 0.1) is 0 Å². The number of halogens is 2. The summed E-state index contributed by atoms with van der Waals surface area (Å²) in [7, 11) is 0. The molecule has 1 aromatic heterocycles. The van der Waals surface area contributed by atoms with Crippen LogP contribution in [-0.4, -0.2) is 17.1 Å². The highest BCUT2D eigenvalue weighted by Gasteiger charge is 2.08. The van der Waals surface area contributed by atoms with Crippen molar-refractivity contribution >= 4 is 38.9 Å². The summed E-state index contributed by atoms with van der Waals surface area (Å²) in [6.45, 7) is 0. The molecule has 1 unspecified atom stereocenters. The first-order valence-corrected chi connectivity index (χ1v) is 6.40. The van der Waals surface area contributed by atoms with Gasteiger partial charge in [0.15, 0.2) is 0 Å². The highest BCUT2D eigenvalue weighted by Crippen LogP contribution is 2.24. The molecule has 1 aromatic rings. The van der Waals surface area contributed by atoms with Gasteiger partial charge in [0.05, 0.1) is 6.10 Å². The highest BCUT2D eigenvalue weighted by molar-refractivity contribution is 9.10. The Bertz CT molecular complexity index is 252. The summed E-state index contributed by atoms with van der Waals surface area (Å²) in [6.07, 6.45) is 2.14. The maximum atomic E-state index is 9.60. The normalized spacial score (nSPS) is 13.2. The van der Waals surface area contributed by atoms with E-state index in [9.17, 15) is 5.11 Å². The van der Waals surface area contributed by atoms with Crippen LogP contribution in [-0.2, 0) is 6.42 Å². The molecule has 13 heavy (non-hydrogen) atoms. The topological polar surface area (TPSA) is 20.2 Å². The lowest BCUT2D eigenvalue weighted by Crippen LogP contribution is -2.09. The third kappa shape index (κ3) is 3.98. The van der Waals surface area contributed by atoms with E-state index in [1.165, 1.54) is 4.88 Å². The van der Waals surface area contributed by atoms with Gasteiger partial charge in [-0.25, -0.2) is 0 Å². The molecule has 1 heterocycles. The van der Waals surface area contributed by atoms with Crippen molar-refractivity contribution in [2.24, 2.45) is 0 Å². The summed E-state index contributed by atoms with van der Waals surface area (Å²) < 4.78 is 1.10. The van der Waals surface area contributed by atoms with Crippen molar-refractivity contribution < 1.29 is 5.11 Å². The highest BCUT2D eigenvalue weighted by atomic mass is 79.9. The van der Waals surface area contributed by atoms with Gasteiger partial charge in [0.2, 0.25) is 0 Å². The molecule has 74 valence electrons. The lowest BCUT2D eigenvalue weighted by atomic mass is 10.1. The SMILES string of the molecule is OC(CCCCl)Cc1sccc1Br. The second kappa shape index (κ2) is 6.02. The molecule has 0 aliphatic rings. The van der Waals surface area contributed by atoms with Crippen LogP contribution in [0.1, 0.15) is 17.7 Å². The molecule has 0 spiro atoms. The summed E-state index contributed by atoms with van der Waals surface area (Å²) in [5.41, 5.74) is 0. The van der Waals surface area contributed by atoms with Crippen LogP contribution < -0.4 is 0 Å². The monoisotopic (exact) mass is 282 g/mol. The van der Waals surface area contributed by atoms with E-state index in [4.69, 9.17) is 11.6 Å². The van der Waals surface area contributed by atoms with Gasteiger partial charge in [-0.1, -0.05) is 0 Å². The van der Waals surface area contributed by atoms with Crippen LogP contribution in [0.3, 0.4) is 0 Å². The van der Waals surface area contributed by atoms with E-state index in [1.54, 1.807) is 11.3 Å². The fourth-order valence-electron chi connectivity index (χ4n) is 1.10. The summed E-state index contributed by atoms with van der Waals surface area (Å²) in [5.74, 6) is 0.628. The Morgan fingerprint density at radius 1 is 1.62 bits per heavy atom. The second-order valence-corrected chi connectivity index (χ2v) is 5.11. The Kier molecular flexibility index (Phi) is 5.32. The zero-order valence-corrected chi connectivity index (χ0v) is 10.3. The molecule has 0 aromatic carbocycles. The summed E-state index contributed by atoms with van der Waals surface area (Å²) in [6, 6.07) is 2.01. The smallest absolute Gasteiger partial charge is 0.0589 e.